The third kappa shape index (κ3) is 5.23. The van der Waals surface area contributed by atoms with Gasteiger partial charge in [0.15, 0.2) is 6.20 Å². The SMILES string of the molecule is Nc1ccc([N+](=O)[O-])c[nH+]1.O=[N+]([O-])[O-]. The highest BCUT2D eigenvalue weighted by molar-refractivity contribution is 5.29. The topological polar surface area (TPSA) is 150 Å². The Kier molecular flexibility index (Phi) is 4.32. The van der Waals surface area contributed by atoms with Crippen molar-refractivity contribution in [2.45, 2.75) is 0 Å². The predicted molar refractivity (Wildman–Crippen MR) is 44.4 cm³/mol. The van der Waals surface area contributed by atoms with E-state index >= 15 is 0 Å². The van der Waals surface area contributed by atoms with Crippen LogP contribution in [-0.4, -0.2) is 10.0 Å². The fraction of sp³-hybridized carbons (Fsp3) is 0. The van der Waals surface area contributed by atoms with Gasteiger partial charge < -0.3 is 15.3 Å². The molecule has 0 aliphatic carbocycles. The Hall–Kier alpha value is -2.45. The molecule has 0 saturated carbocycles. The van der Waals surface area contributed by atoms with Gasteiger partial charge in [0.1, 0.15) is 0 Å². The van der Waals surface area contributed by atoms with E-state index in [-0.39, 0.29) is 5.69 Å². The zero-order valence-electron chi connectivity index (χ0n) is 6.75. The van der Waals surface area contributed by atoms with Crippen molar-refractivity contribution in [1.82, 2.24) is 0 Å². The highest BCUT2D eigenvalue weighted by Crippen LogP contribution is 2.05. The van der Waals surface area contributed by atoms with Crippen LogP contribution >= 0.6 is 0 Å². The van der Waals surface area contributed by atoms with Gasteiger partial charge in [0, 0.05) is 12.1 Å². The van der Waals surface area contributed by atoms with Gasteiger partial charge >= 0.3 is 5.69 Å². The van der Waals surface area contributed by atoms with Crippen LogP contribution < -0.4 is 10.7 Å². The first-order valence-electron chi connectivity index (χ1n) is 3.16. The highest BCUT2D eigenvalue weighted by atomic mass is 16.9. The van der Waals surface area contributed by atoms with Crippen LogP contribution in [0.4, 0.5) is 11.5 Å². The number of pyridine rings is 1. The zero-order valence-corrected chi connectivity index (χ0v) is 6.75. The molecular formula is C5H6N4O5. The summed E-state index contributed by atoms with van der Waals surface area (Å²) in [6.07, 6.45) is 1.25. The smallest absolute Gasteiger partial charge is 0.308 e. The Balaban J connectivity index is 0.000000364. The lowest BCUT2D eigenvalue weighted by atomic mass is 10.4. The first kappa shape index (κ1) is 11.5. The summed E-state index contributed by atoms with van der Waals surface area (Å²) < 4.78 is 0. The molecule has 0 aliphatic heterocycles. The number of aromatic amines is 1. The van der Waals surface area contributed by atoms with E-state index in [1.165, 1.54) is 18.3 Å². The minimum absolute atomic E-state index is 0.00852. The quantitative estimate of drug-likeness (QED) is 0.489. The van der Waals surface area contributed by atoms with E-state index in [9.17, 15) is 10.1 Å². The summed E-state index contributed by atoms with van der Waals surface area (Å²) in [5, 5.41) is 24.8. The molecular weight excluding hydrogens is 196 g/mol. The number of rotatable bonds is 1. The third-order valence-electron chi connectivity index (χ3n) is 1.03. The fourth-order valence-electron chi connectivity index (χ4n) is 0.542. The lowest BCUT2D eigenvalue weighted by Gasteiger charge is -1.85. The minimum atomic E-state index is -1.75. The number of hydrogen-bond acceptors (Lipinski definition) is 6. The molecule has 0 aromatic carbocycles. The molecule has 1 aromatic heterocycles. The minimum Gasteiger partial charge on any atom is -0.356 e. The van der Waals surface area contributed by atoms with Gasteiger partial charge in [0.25, 0.3) is 5.82 Å². The molecule has 1 heterocycles. The van der Waals surface area contributed by atoms with Crippen LogP contribution in [0.25, 0.3) is 0 Å². The van der Waals surface area contributed by atoms with E-state index in [2.05, 4.69) is 4.98 Å². The largest absolute Gasteiger partial charge is 0.356 e. The molecule has 1 aromatic rings. The van der Waals surface area contributed by atoms with Crippen molar-refractivity contribution in [2.24, 2.45) is 0 Å². The number of H-pyrrole nitrogens is 1. The number of nitro groups is 1. The molecule has 0 saturated heterocycles. The van der Waals surface area contributed by atoms with Crippen molar-refractivity contribution >= 4 is 11.5 Å². The maximum absolute atomic E-state index is 10.1. The normalized spacial score (nSPS) is 8.29. The Morgan fingerprint density at radius 2 is 1.71 bits per heavy atom. The van der Waals surface area contributed by atoms with Crippen molar-refractivity contribution in [3.05, 3.63) is 43.8 Å². The fourth-order valence-corrected chi connectivity index (χ4v) is 0.542. The van der Waals surface area contributed by atoms with E-state index in [1.54, 1.807) is 0 Å². The van der Waals surface area contributed by atoms with Gasteiger partial charge in [-0.05, 0) is 0 Å². The average Bonchev–Trinajstić information content (AvgIpc) is 2.03. The summed E-state index contributed by atoms with van der Waals surface area (Å²) >= 11 is 0. The lowest BCUT2D eigenvalue weighted by molar-refractivity contribution is -0.413. The molecule has 9 nitrogen and oxygen atoms in total. The Bertz CT molecular complexity index is 319. The molecule has 0 atom stereocenters. The van der Waals surface area contributed by atoms with Crippen molar-refractivity contribution < 1.29 is 15.0 Å². The molecule has 14 heavy (non-hydrogen) atoms. The molecule has 1 rings (SSSR count). The number of nitrogens with one attached hydrogen (secondary N) is 1. The van der Waals surface area contributed by atoms with Crippen LogP contribution in [0.1, 0.15) is 0 Å². The van der Waals surface area contributed by atoms with Crippen molar-refractivity contribution in [2.75, 3.05) is 5.73 Å². The van der Waals surface area contributed by atoms with Gasteiger partial charge in [-0.2, -0.15) is 0 Å². The first-order valence-corrected chi connectivity index (χ1v) is 3.16. The summed E-state index contributed by atoms with van der Waals surface area (Å²) in [5.41, 5.74) is 5.26. The maximum Gasteiger partial charge on any atom is 0.308 e. The van der Waals surface area contributed by atoms with E-state index < -0.39 is 10.0 Å². The van der Waals surface area contributed by atoms with E-state index in [4.69, 9.17) is 21.1 Å². The van der Waals surface area contributed by atoms with Crippen LogP contribution in [0.15, 0.2) is 18.3 Å². The summed E-state index contributed by atoms with van der Waals surface area (Å²) in [6, 6.07) is 2.78. The Morgan fingerprint density at radius 3 is 2.00 bits per heavy atom. The van der Waals surface area contributed by atoms with E-state index in [0.717, 1.165) is 0 Å². The lowest BCUT2D eigenvalue weighted by Crippen LogP contribution is -2.09. The van der Waals surface area contributed by atoms with Crippen molar-refractivity contribution in [3.63, 3.8) is 0 Å². The Morgan fingerprint density at radius 1 is 1.21 bits per heavy atom. The second-order valence-corrected chi connectivity index (χ2v) is 1.98. The third-order valence-corrected chi connectivity index (χ3v) is 1.03. The molecule has 0 aliphatic rings. The van der Waals surface area contributed by atoms with Gasteiger partial charge in [-0.15, -0.1) is 0 Å². The molecule has 0 unspecified atom stereocenters. The van der Waals surface area contributed by atoms with Crippen LogP contribution in [-0.2, 0) is 0 Å². The summed E-state index contributed by atoms with van der Waals surface area (Å²) in [5.74, 6) is 0.408. The van der Waals surface area contributed by atoms with E-state index in [1.807, 2.05) is 0 Å². The zero-order chi connectivity index (χ0) is 11.1. The summed E-state index contributed by atoms with van der Waals surface area (Å²) in [6.45, 7) is 0. The highest BCUT2D eigenvalue weighted by Gasteiger charge is 2.05. The van der Waals surface area contributed by atoms with Gasteiger partial charge in [0.2, 0.25) is 0 Å². The molecule has 0 amide bonds. The second-order valence-electron chi connectivity index (χ2n) is 1.98. The molecule has 3 N–H and O–H groups in total. The predicted octanol–water partition coefficient (Wildman–Crippen LogP) is -0.248. The first-order chi connectivity index (χ1) is 6.43. The van der Waals surface area contributed by atoms with Crippen LogP contribution in [0.2, 0.25) is 0 Å². The molecule has 0 radical (unpaired) electrons. The number of nitrogens with zero attached hydrogens (tertiary/aromatic N) is 2. The number of anilines is 1. The van der Waals surface area contributed by atoms with Crippen molar-refractivity contribution in [1.29, 1.82) is 0 Å². The number of nitrogen functional groups attached to an aromatic ring is 1. The number of hydrogen-bond donors (Lipinski definition) is 1. The molecule has 9 heteroatoms. The average molecular weight is 202 g/mol. The maximum atomic E-state index is 10.1. The molecule has 0 spiro atoms. The monoisotopic (exact) mass is 202 g/mol. The van der Waals surface area contributed by atoms with Crippen LogP contribution in [0.3, 0.4) is 0 Å². The van der Waals surface area contributed by atoms with Crippen LogP contribution in [0.5, 0.6) is 0 Å². The standard InChI is InChI=1S/C5H5N3O2.NO3/c6-5-2-1-4(3-7-5)8(9)10;2-1(3)4/h1-3H,(H2,6,7);/q;-1/p+1. The molecule has 0 bridgehead atoms. The summed E-state index contributed by atoms with van der Waals surface area (Å²) in [4.78, 5) is 20.3. The summed E-state index contributed by atoms with van der Waals surface area (Å²) in [7, 11) is 0. The molecule has 76 valence electrons. The van der Waals surface area contributed by atoms with Gasteiger partial charge in [0.05, 0.1) is 10.0 Å². The van der Waals surface area contributed by atoms with E-state index in [0.29, 0.717) is 5.82 Å². The van der Waals surface area contributed by atoms with Gasteiger partial charge in [-0.1, -0.05) is 0 Å². The number of aromatic nitrogens is 1. The number of nitrogens with two attached hydrogens (primary N) is 1. The van der Waals surface area contributed by atoms with Crippen molar-refractivity contribution in [3.8, 4) is 0 Å². The second kappa shape index (κ2) is 5.24. The van der Waals surface area contributed by atoms with Gasteiger partial charge in [-0.3, -0.25) is 15.8 Å². The Labute approximate surface area is 77.1 Å². The van der Waals surface area contributed by atoms with Crippen LogP contribution in [0, 0.1) is 25.4 Å². The van der Waals surface area contributed by atoms with Gasteiger partial charge in [-0.25, -0.2) is 4.98 Å². The molecule has 0 fully saturated rings.